The minimum absolute atomic E-state index is 0.0650. The van der Waals surface area contributed by atoms with Gasteiger partial charge in [0.2, 0.25) is 11.6 Å². The molecule has 158 valence electrons. The van der Waals surface area contributed by atoms with E-state index in [1.165, 1.54) is 6.33 Å². The number of nitro groups is 1. The number of para-hydroxylation sites is 1. The SMILES string of the molecule is O=C(NNc1ncnc(N2CCN(c3ccccc3)CC2)c1[N+](=O)[O-])c1ccccc1. The third-order valence-electron chi connectivity index (χ3n) is 5.02. The Morgan fingerprint density at radius 2 is 1.52 bits per heavy atom. The Labute approximate surface area is 178 Å². The van der Waals surface area contributed by atoms with Crippen LogP contribution >= 0.6 is 0 Å². The number of hydrogen-bond acceptors (Lipinski definition) is 8. The van der Waals surface area contributed by atoms with Crippen molar-refractivity contribution in [3.05, 3.63) is 82.7 Å². The Morgan fingerprint density at radius 3 is 2.16 bits per heavy atom. The van der Waals surface area contributed by atoms with E-state index in [2.05, 4.69) is 25.7 Å². The molecule has 1 aliphatic rings. The normalized spacial score (nSPS) is 13.5. The molecule has 4 rings (SSSR count). The molecule has 1 aromatic heterocycles. The zero-order valence-electron chi connectivity index (χ0n) is 16.6. The molecule has 0 bridgehead atoms. The van der Waals surface area contributed by atoms with Gasteiger partial charge in [-0.25, -0.2) is 9.97 Å². The lowest BCUT2D eigenvalue weighted by Gasteiger charge is -2.36. The Kier molecular flexibility index (Phi) is 5.88. The highest BCUT2D eigenvalue weighted by molar-refractivity contribution is 5.95. The Balaban J connectivity index is 1.49. The minimum atomic E-state index is -0.532. The largest absolute Gasteiger partial charge is 0.368 e. The van der Waals surface area contributed by atoms with Gasteiger partial charge in [-0.3, -0.25) is 25.8 Å². The molecule has 3 aromatic rings. The summed E-state index contributed by atoms with van der Waals surface area (Å²) in [5, 5.41) is 11.8. The van der Waals surface area contributed by atoms with E-state index < -0.39 is 10.8 Å². The van der Waals surface area contributed by atoms with Gasteiger partial charge in [-0.15, -0.1) is 0 Å². The molecule has 1 fully saturated rings. The van der Waals surface area contributed by atoms with Gasteiger partial charge in [0.1, 0.15) is 6.33 Å². The first-order valence-corrected chi connectivity index (χ1v) is 9.79. The van der Waals surface area contributed by atoms with Crippen LogP contribution in [0.5, 0.6) is 0 Å². The van der Waals surface area contributed by atoms with Crippen molar-refractivity contribution < 1.29 is 9.72 Å². The number of benzene rings is 2. The van der Waals surface area contributed by atoms with E-state index >= 15 is 0 Å². The molecule has 0 unspecified atom stereocenters. The van der Waals surface area contributed by atoms with E-state index in [1.54, 1.807) is 30.3 Å². The summed E-state index contributed by atoms with van der Waals surface area (Å²) in [6.07, 6.45) is 1.25. The van der Waals surface area contributed by atoms with Crippen molar-refractivity contribution >= 4 is 28.9 Å². The second-order valence-electron chi connectivity index (χ2n) is 6.91. The van der Waals surface area contributed by atoms with Crippen molar-refractivity contribution in [2.45, 2.75) is 0 Å². The van der Waals surface area contributed by atoms with Crippen LogP contribution in [-0.4, -0.2) is 47.0 Å². The Hall–Kier alpha value is -4.21. The van der Waals surface area contributed by atoms with Gasteiger partial charge >= 0.3 is 5.69 Å². The molecule has 0 spiro atoms. The summed E-state index contributed by atoms with van der Waals surface area (Å²) in [7, 11) is 0. The van der Waals surface area contributed by atoms with Gasteiger partial charge in [-0.1, -0.05) is 36.4 Å². The Bertz CT molecular complexity index is 1060. The molecule has 2 aromatic carbocycles. The number of hydrazine groups is 1. The summed E-state index contributed by atoms with van der Waals surface area (Å²) in [5.74, 6) is -0.263. The van der Waals surface area contributed by atoms with Gasteiger partial charge in [0.05, 0.1) is 4.92 Å². The van der Waals surface area contributed by atoms with Gasteiger partial charge in [0, 0.05) is 37.4 Å². The second kappa shape index (κ2) is 9.08. The van der Waals surface area contributed by atoms with Crippen LogP contribution in [0.15, 0.2) is 67.0 Å². The monoisotopic (exact) mass is 419 g/mol. The first kappa shape index (κ1) is 20.1. The molecule has 1 saturated heterocycles. The summed E-state index contributed by atoms with van der Waals surface area (Å²) >= 11 is 0. The first-order valence-electron chi connectivity index (χ1n) is 9.79. The van der Waals surface area contributed by atoms with Crippen LogP contribution in [-0.2, 0) is 0 Å². The molecular weight excluding hydrogens is 398 g/mol. The average molecular weight is 419 g/mol. The number of carbonyl (C=O) groups is 1. The molecule has 31 heavy (non-hydrogen) atoms. The third kappa shape index (κ3) is 4.53. The number of carbonyl (C=O) groups excluding carboxylic acids is 1. The first-order chi connectivity index (χ1) is 15.1. The predicted octanol–water partition coefficient (Wildman–Crippen LogP) is 2.47. The van der Waals surface area contributed by atoms with E-state index in [1.807, 2.05) is 35.2 Å². The third-order valence-corrected chi connectivity index (χ3v) is 5.02. The highest BCUT2D eigenvalue weighted by atomic mass is 16.6. The maximum Gasteiger partial charge on any atom is 0.355 e. The van der Waals surface area contributed by atoms with E-state index in [9.17, 15) is 14.9 Å². The zero-order valence-corrected chi connectivity index (χ0v) is 16.6. The molecule has 0 aliphatic carbocycles. The van der Waals surface area contributed by atoms with Crippen molar-refractivity contribution in [2.75, 3.05) is 41.4 Å². The van der Waals surface area contributed by atoms with Crippen LogP contribution in [0.25, 0.3) is 0 Å². The second-order valence-corrected chi connectivity index (χ2v) is 6.91. The molecule has 1 amide bonds. The van der Waals surface area contributed by atoms with Gasteiger partial charge in [-0.05, 0) is 24.3 Å². The minimum Gasteiger partial charge on any atom is -0.368 e. The number of anilines is 3. The van der Waals surface area contributed by atoms with Gasteiger partial charge in [-0.2, -0.15) is 0 Å². The summed E-state index contributed by atoms with van der Waals surface area (Å²) in [5.41, 5.74) is 6.30. The van der Waals surface area contributed by atoms with E-state index in [-0.39, 0.29) is 17.3 Å². The summed E-state index contributed by atoms with van der Waals surface area (Å²) in [4.78, 5) is 35.8. The van der Waals surface area contributed by atoms with Crippen LogP contribution in [0, 0.1) is 10.1 Å². The van der Waals surface area contributed by atoms with E-state index in [4.69, 9.17) is 0 Å². The van der Waals surface area contributed by atoms with Gasteiger partial charge in [0.15, 0.2) is 0 Å². The number of amides is 1. The predicted molar refractivity (Wildman–Crippen MR) is 117 cm³/mol. The number of rotatable bonds is 6. The average Bonchev–Trinajstić information content (AvgIpc) is 2.83. The standard InChI is InChI=1S/C21H21N7O3/c29-21(16-7-3-1-4-8-16)25-24-19-18(28(30)31)20(23-15-22-19)27-13-11-26(12-14-27)17-9-5-2-6-10-17/h1-10,15H,11-14H2,(H,25,29)(H,22,23,24). The highest BCUT2D eigenvalue weighted by Crippen LogP contribution is 2.32. The maximum absolute atomic E-state index is 12.3. The zero-order chi connectivity index (χ0) is 21.6. The van der Waals surface area contributed by atoms with Crippen molar-refractivity contribution in [1.82, 2.24) is 15.4 Å². The smallest absolute Gasteiger partial charge is 0.355 e. The van der Waals surface area contributed by atoms with Gasteiger partial charge in [0.25, 0.3) is 5.91 Å². The van der Waals surface area contributed by atoms with Crippen LogP contribution in [0.4, 0.5) is 23.0 Å². The van der Waals surface area contributed by atoms with Crippen molar-refractivity contribution in [2.24, 2.45) is 0 Å². The maximum atomic E-state index is 12.3. The molecule has 10 heteroatoms. The summed E-state index contributed by atoms with van der Waals surface area (Å²) in [6.45, 7) is 2.56. The van der Waals surface area contributed by atoms with Crippen molar-refractivity contribution in [1.29, 1.82) is 0 Å². The molecule has 2 N–H and O–H groups in total. The summed E-state index contributed by atoms with van der Waals surface area (Å²) in [6, 6.07) is 18.6. The number of aromatic nitrogens is 2. The lowest BCUT2D eigenvalue weighted by Crippen LogP contribution is -2.47. The molecule has 0 saturated carbocycles. The molecular formula is C21H21N7O3. The highest BCUT2D eigenvalue weighted by Gasteiger charge is 2.29. The van der Waals surface area contributed by atoms with Crippen molar-refractivity contribution in [3.8, 4) is 0 Å². The molecule has 0 radical (unpaired) electrons. The fourth-order valence-corrected chi connectivity index (χ4v) is 3.45. The van der Waals surface area contributed by atoms with E-state index in [0.29, 0.717) is 31.7 Å². The fraction of sp³-hybridized carbons (Fsp3) is 0.190. The van der Waals surface area contributed by atoms with Crippen molar-refractivity contribution in [3.63, 3.8) is 0 Å². The molecule has 0 atom stereocenters. The van der Waals surface area contributed by atoms with Crippen LogP contribution in [0.1, 0.15) is 10.4 Å². The number of piperazine rings is 1. The molecule has 10 nitrogen and oxygen atoms in total. The fourth-order valence-electron chi connectivity index (χ4n) is 3.45. The van der Waals surface area contributed by atoms with E-state index in [0.717, 1.165) is 5.69 Å². The van der Waals surface area contributed by atoms with Gasteiger partial charge < -0.3 is 9.80 Å². The lowest BCUT2D eigenvalue weighted by atomic mass is 10.2. The van der Waals surface area contributed by atoms with Crippen LogP contribution in [0.3, 0.4) is 0 Å². The van der Waals surface area contributed by atoms with Crippen LogP contribution in [0.2, 0.25) is 0 Å². The molecule has 2 heterocycles. The number of nitrogens with zero attached hydrogens (tertiary/aromatic N) is 5. The summed E-state index contributed by atoms with van der Waals surface area (Å²) < 4.78 is 0. The topological polar surface area (TPSA) is 117 Å². The Morgan fingerprint density at radius 1 is 0.903 bits per heavy atom. The molecule has 1 aliphatic heterocycles. The quantitative estimate of drug-likeness (QED) is 0.462. The van der Waals surface area contributed by atoms with Crippen LogP contribution < -0.4 is 20.7 Å². The lowest BCUT2D eigenvalue weighted by molar-refractivity contribution is -0.383. The number of nitrogens with one attached hydrogen (secondary N) is 2. The number of hydrogen-bond donors (Lipinski definition) is 2.